The van der Waals surface area contributed by atoms with Gasteiger partial charge < -0.3 is 10.6 Å². The lowest BCUT2D eigenvalue weighted by atomic mass is 9.95. The quantitative estimate of drug-likeness (QED) is 0.765. The van der Waals surface area contributed by atoms with Crippen molar-refractivity contribution in [3.63, 3.8) is 0 Å². The largest absolute Gasteiger partial charge is 0.382 e. The predicted octanol–water partition coefficient (Wildman–Crippen LogP) is 5.39. The Morgan fingerprint density at radius 2 is 1.71 bits per heavy atom. The molecular formula is C18H19Cl2N3O. The molecule has 0 bridgehead atoms. The molecule has 1 heterocycles. The Morgan fingerprint density at radius 3 is 2.42 bits per heavy atom. The number of nitrogens with one attached hydrogen (secondary N) is 2. The second-order valence-electron chi connectivity index (χ2n) is 6.02. The van der Waals surface area contributed by atoms with Crippen LogP contribution in [-0.4, -0.2) is 16.9 Å². The maximum absolute atomic E-state index is 12.4. The number of aromatic nitrogens is 1. The van der Waals surface area contributed by atoms with Crippen LogP contribution in [-0.2, 0) is 0 Å². The zero-order valence-corrected chi connectivity index (χ0v) is 14.7. The van der Waals surface area contributed by atoms with E-state index in [2.05, 4.69) is 15.6 Å². The Balaban J connectivity index is 1.69. The molecule has 1 fully saturated rings. The lowest BCUT2D eigenvalue weighted by molar-refractivity contribution is 0.102. The third-order valence-corrected chi connectivity index (χ3v) is 4.53. The van der Waals surface area contributed by atoms with Gasteiger partial charge in [0.25, 0.3) is 5.91 Å². The van der Waals surface area contributed by atoms with Gasteiger partial charge in [-0.1, -0.05) is 42.5 Å². The van der Waals surface area contributed by atoms with Gasteiger partial charge in [-0.05, 0) is 43.2 Å². The molecular weight excluding hydrogens is 345 g/mol. The molecule has 6 heteroatoms. The summed E-state index contributed by atoms with van der Waals surface area (Å²) in [6, 6.07) is 9.05. The minimum Gasteiger partial charge on any atom is -0.382 e. The lowest BCUT2D eigenvalue weighted by Gasteiger charge is -2.23. The average molecular weight is 364 g/mol. The fourth-order valence-electron chi connectivity index (χ4n) is 2.95. The van der Waals surface area contributed by atoms with Crippen LogP contribution in [0.3, 0.4) is 0 Å². The van der Waals surface area contributed by atoms with Gasteiger partial charge in [-0.2, -0.15) is 0 Å². The van der Waals surface area contributed by atoms with Crippen LogP contribution in [0, 0.1) is 0 Å². The Hall–Kier alpha value is -1.78. The van der Waals surface area contributed by atoms with E-state index in [4.69, 9.17) is 23.2 Å². The van der Waals surface area contributed by atoms with Gasteiger partial charge in [-0.15, -0.1) is 0 Å². The molecule has 0 aliphatic heterocycles. The van der Waals surface area contributed by atoms with Crippen molar-refractivity contribution in [1.82, 2.24) is 4.98 Å². The van der Waals surface area contributed by atoms with E-state index in [1.54, 1.807) is 30.5 Å². The number of nitrogens with zero attached hydrogens (tertiary/aromatic N) is 1. The Kier molecular flexibility index (Phi) is 5.59. The van der Waals surface area contributed by atoms with E-state index in [0.29, 0.717) is 27.5 Å². The van der Waals surface area contributed by atoms with Gasteiger partial charge in [0.05, 0.1) is 0 Å². The van der Waals surface area contributed by atoms with E-state index >= 15 is 0 Å². The van der Waals surface area contributed by atoms with Crippen molar-refractivity contribution < 1.29 is 4.79 Å². The molecule has 1 aliphatic rings. The zero-order valence-electron chi connectivity index (χ0n) is 13.2. The molecule has 3 rings (SSSR count). The summed E-state index contributed by atoms with van der Waals surface area (Å²) in [5.41, 5.74) is 1.82. The number of carbonyl (C=O) groups is 1. The Labute approximate surface area is 151 Å². The second-order valence-corrected chi connectivity index (χ2v) is 6.89. The highest BCUT2D eigenvalue weighted by molar-refractivity contribution is 6.35. The fraction of sp³-hybridized carbons (Fsp3) is 0.333. The third-order valence-electron chi connectivity index (χ3n) is 4.09. The van der Waals surface area contributed by atoms with Crippen molar-refractivity contribution in [2.75, 3.05) is 10.6 Å². The number of benzene rings is 1. The summed E-state index contributed by atoms with van der Waals surface area (Å²) >= 11 is 11.9. The summed E-state index contributed by atoms with van der Waals surface area (Å²) in [4.78, 5) is 16.5. The minimum atomic E-state index is -0.291. The van der Waals surface area contributed by atoms with Crippen molar-refractivity contribution in [3.8, 4) is 0 Å². The van der Waals surface area contributed by atoms with Gasteiger partial charge in [0, 0.05) is 33.7 Å². The van der Waals surface area contributed by atoms with Crippen LogP contribution in [0.15, 0.2) is 36.5 Å². The summed E-state index contributed by atoms with van der Waals surface area (Å²) < 4.78 is 0. The Morgan fingerprint density at radius 1 is 1.00 bits per heavy atom. The molecule has 24 heavy (non-hydrogen) atoms. The van der Waals surface area contributed by atoms with Crippen molar-refractivity contribution >= 4 is 40.5 Å². The van der Waals surface area contributed by atoms with Crippen LogP contribution in [0.4, 0.5) is 11.4 Å². The molecule has 4 nitrogen and oxygen atoms in total. The van der Waals surface area contributed by atoms with Crippen LogP contribution < -0.4 is 10.6 Å². The van der Waals surface area contributed by atoms with Crippen LogP contribution >= 0.6 is 23.2 Å². The first-order valence-electron chi connectivity index (χ1n) is 8.10. The summed E-state index contributed by atoms with van der Waals surface area (Å²) in [6.07, 6.45) is 7.81. The fourth-order valence-corrected chi connectivity index (χ4v) is 3.47. The van der Waals surface area contributed by atoms with E-state index < -0.39 is 0 Å². The number of carbonyl (C=O) groups excluding carboxylic acids is 1. The van der Waals surface area contributed by atoms with Gasteiger partial charge in [0.1, 0.15) is 5.69 Å². The standard InChI is InChI=1S/C18H19Cl2N3O/c19-12-8-13(20)10-16(9-12)23-18(24)17-11-15(6-7-21-17)22-14-4-2-1-3-5-14/h6-11,14H,1-5H2,(H,21,22)(H,23,24). The van der Waals surface area contributed by atoms with E-state index in [-0.39, 0.29) is 5.91 Å². The molecule has 1 aliphatic carbocycles. The van der Waals surface area contributed by atoms with Gasteiger partial charge in [-0.3, -0.25) is 9.78 Å². The first-order valence-corrected chi connectivity index (χ1v) is 8.86. The van der Waals surface area contributed by atoms with Crippen molar-refractivity contribution in [3.05, 3.63) is 52.3 Å². The summed E-state index contributed by atoms with van der Waals surface area (Å²) in [5, 5.41) is 7.21. The van der Waals surface area contributed by atoms with E-state index in [0.717, 1.165) is 5.69 Å². The van der Waals surface area contributed by atoms with Gasteiger partial charge in [0.2, 0.25) is 0 Å². The van der Waals surface area contributed by atoms with Crippen molar-refractivity contribution in [2.24, 2.45) is 0 Å². The highest BCUT2D eigenvalue weighted by Gasteiger charge is 2.14. The van der Waals surface area contributed by atoms with Crippen LogP contribution in [0.1, 0.15) is 42.6 Å². The molecule has 126 valence electrons. The number of pyridine rings is 1. The highest BCUT2D eigenvalue weighted by atomic mass is 35.5. The molecule has 1 saturated carbocycles. The lowest BCUT2D eigenvalue weighted by Crippen LogP contribution is -2.22. The predicted molar refractivity (Wildman–Crippen MR) is 99.1 cm³/mol. The normalized spacial score (nSPS) is 15.1. The number of rotatable bonds is 4. The third kappa shape index (κ3) is 4.62. The zero-order chi connectivity index (χ0) is 16.9. The topological polar surface area (TPSA) is 54.0 Å². The van der Waals surface area contributed by atoms with Gasteiger partial charge in [0.15, 0.2) is 0 Å². The van der Waals surface area contributed by atoms with E-state index in [1.807, 2.05) is 6.07 Å². The molecule has 0 spiro atoms. The van der Waals surface area contributed by atoms with Crippen molar-refractivity contribution in [2.45, 2.75) is 38.1 Å². The highest BCUT2D eigenvalue weighted by Crippen LogP contribution is 2.24. The second kappa shape index (κ2) is 7.86. The maximum atomic E-state index is 12.4. The summed E-state index contributed by atoms with van der Waals surface area (Å²) in [5.74, 6) is -0.291. The Bertz CT molecular complexity index is 710. The molecule has 1 aromatic carbocycles. The molecule has 1 aromatic heterocycles. The molecule has 2 N–H and O–H groups in total. The first-order chi connectivity index (χ1) is 11.6. The van der Waals surface area contributed by atoms with Gasteiger partial charge in [-0.25, -0.2) is 0 Å². The SMILES string of the molecule is O=C(Nc1cc(Cl)cc(Cl)c1)c1cc(NC2CCCCC2)ccn1. The van der Waals surface area contributed by atoms with E-state index in [9.17, 15) is 4.79 Å². The van der Waals surface area contributed by atoms with Crippen LogP contribution in [0.2, 0.25) is 10.0 Å². The maximum Gasteiger partial charge on any atom is 0.274 e. The summed E-state index contributed by atoms with van der Waals surface area (Å²) in [7, 11) is 0. The van der Waals surface area contributed by atoms with Crippen LogP contribution in [0.5, 0.6) is 0 Å². The molecule has 1 amide bonds. The number of anilines is 2. The number of hydrogen-bond acceptors (Lipinski definition) is 3. The average Bonchev–Trinajstić information content (AvgIpc) is 2.55. The smallest absolute Gasteiger partial charge is 0.274 e. The van der Waals surface area contributed by atoms with E-state index in [1.165, 1.54) is 32.1 Å². The molecule has 0 saturated heterocycles. The van der Waals surface area contributed by atoms with Crippen LogP contribution in [0.25, 0.3) is 0 Å². The molecule has 0 unspecified atom stereocenters. The first kappa shape index (κ1) is 17.1. The number of amides is 1. The molecule has 0 radical (unpaired) electrons. The van der Waals surface area contributed by atoms with Crippen molar-refractivity contribution in [1.29, 1.82) is 0 Å². The number of hydrogen-bond donors (Lipinski definition) is 2. The monoisotopic (exact) mass is 363 g/mol. The number of halogens is 2. The molecule has 0 atom stereocenters. The minimum absolute atomic E-state index is 0.291. The summed E-state index contributed by atoms with van der Waals surface area (Å²) in [6.45, 7) is 0. The molecule has 2 aromatic rings. The van der Waals surface area contributed by atoms with Gasteiger partial charge >= 0.3 is 0 Å².